The molecule has 2 aromatic rings. The number of amides is 1. The standard InChI is InChI=1S/C14H13NO6/c16-6-5-9(14(19)20)15-13(18)12-7-10(17)8-3-1-2-4-11(8)21-12/h1-4,7,9,16H,5-6H2,(H,15,18)(H,19,20)/t9-/m1/s1. The fraction of sp³-hybridized carbons (Fsp3) is 0.214. The van der Waals surface area contributed by atoms with Crippen LogP contribution in [0.4, 0.5) is 0 Å². The minimum Gasteiger partial charge on any atom is -0.480 e. The van der Waals surface area contributed by atoms with Crippen molar-refractivity contribution in [3.8, 4) is 0 Å². The number of para-hydroxylation sites is 1. The van der Waals surface area contributed by atoms with E-state index in [2.05, 4.69) is 5.32 Å². The minimum atomic E-state index is -1.28. The summed E-state index contributed by atoms with van der Waals surface area (Å²) < 4.78 is 5.30. The molecular weight excluding hydrogens is 278 g/mol. The van der Waals surface area contributed by atoms with Crippen LogP contribution in [0.1, 0.15) is 17.0 Å². The number of aliphatic carboxylic acids is 1. The highest BCUT2D eigenvalue weighted by Crippen LogP contribution is 2.11. The van der Waals surface area contributed by atoms with E-state index in [1.807, 2.05) is 0 Å². The smallest absolute Gasteiger partial charge is 0.326 e. The number of fused-ring (bicyclic) bond motifs is 1. The Morgan fingerprint density at radius 3 is 2.67 bits per heavy atom. The Morgan fingerprint density at radius 2 is 2.00 bits per heavy atom. The second-order valence-corrected chi connectivity index (χ2v) is 4.35. The zero-order chi connectivity index (χ0) is 15.4. The molecule has 21 heavy (non-hydrogen) atoms. The van der Waals surface area contributed by atoms with Gasteiger partial charge in [0.2, 0.25) is 0 Å². The largest absolute Gasteiger partial charge is 0.480 e. The third-order valence-electron chi connectivity index (χ3n) is 2.88. The fourth-order valence-corrected chi connectivity index (χ4v) is 1.83. The molecule has 1 atom stereocenters. The summed E-state index contributed by atoms with van der Waals surface area (Å²) in [6.45, 7) is -0.390. The number of hydrogen-bond donors (Lipinski definition) is 3. The van der Waals surface area contributed by atoms with E-state index in [9.17, 15) is 14.4 Å². The summed E-state index contributed by atoms with van der Waals surface area (Å²) in [6.07, 6.45) is -0.140. The van der Waals surface area contributed by atoms with Gasteiger partial charge in [-0.25, -0.2) is 4.79 Å². The first kappa shape index (κ1) is 14.7. The van der Waals surface area contributed by atoms with Gasteiger partial charge in [0.05, 0.1) is 5.39 Å². The molecule has 3 N–H and O–H groups in total. The molecule has 0 aliphatic rings. The average Bonchev–Trinajstić information content (AvgIpc) is 2.46. The minimum absolute atomic E-state index is 0.140. The van der Waals surface area contributed by atoms with E-state index < -0.39 is 23.3 Å². The summed E-state index contributed by atoms with van der Waals surface area (Å²) in [5.74, 6) is -2.37. The fourth-order valence-electron chi connectivity index (χ4n) is 1.83. The Bertz CT molecular complexity index is 736. The molecule has 0 fully saturated rings. The van der Waals surface area contributed by atoms with Crippen LogP contribution in [0.5, 0.6) is 0 Å². The van der Waals surface area contributed by atoms with Crippen LogP contribution in [0.15, 0.2) is 39.5 Å². The van der Waals surface area contributed by atoms with Crippen molar-refractivity contribution in [2.75, 3.05) is 6.61 Å². The van der Waals surface area contributed by atoms with E-state index in [4.69, 9.17) is 14.6 Å². The molecule has 1 amide bonds. The predicted octanol–water partition coefficient (Wildman–Crippen LogP) is 0.358. The summed E-state index contributed by atoms with van der Waals surface area (Å²) in [5, 5.41) is 20.2. The first-order valence-corrected chi connectivity index (χ1v) is 6.20. The molecule has 0 bridgehead atoms. The van der Waals surface area contributed by atoms with Crippen molar-refractivity contribution in [1.82, 2.24) is 5.32 Å². The van der Waals surface area contributed by atoms with Crippen LogP contribution in [0.25, 0.3) is 11.0 Å². The number of carboxylic acid groups (broad SMARTS) is 1. The molecule has 0 spiro atoms. The lowest BCUT2D eigenvalue weighted by molar-refractivity contribution is -0.139. The van der Waals surface area contributed by atoms with Crippen LogP contribution in [0, 0.1) is 0 Å². The van der Waals surface area contributed by atoms with Crippen molar-refractivity contribution in [1.29, 1.82) is 0 Å². The summed E-state index contributed by atoms with van der Waals surface area (Å²) in [6, 6.07) is 6.18. The van der Waals surface area contributed by atoms with Crippen molar-refractivity contribution in [2.45, 2.75) is 12.5 Å². The highest BCUT2D eigenvalue weighted by atomic mass is 16.4. The number of carboxylic acids is 1. The molecule has 0 unspecified atom stereocenters. The molecule has 0 aliphatic heterocycles. The number of hydrogen-bond acceptors (Lipinski definition) is 5. The van der Waals surface area contributed by atoms with Gasteiger partial charge in [0.15, 0.2) is 11.2 Å². The van der Waals surface area contributed by atoms with Crippen molar-refractivity contribution in [3.05, 3.63) is 46.3 Å². The highest BCUT2D eigenvalue weighted by Gasteiger charge is 2.21. The lowest BCUT2D eigenvalue weighted by Gasteiger charge is -2.12. The molecule has 1 aromatic heterocycles. The van der Waals surface area contributed by atoms with Gasteiger partial charge in [0.25, 0.3) is 5.91 Å². The van der Waals surface area contributed by atoms with Crippen LogP contribution >= 0.6 is 0 Å². The van der Waals surface area contributed by atoms with Crippen LogP contribution < -0.4 is 10.7 Å². The topological polar surface area (TPSA) is 117 Å². The number of rotatable bonds is 5. The molecule has 0 radical (unpaired) electrons. The maximum absolute atomic E-state index is 11.9. The lowest BCUT2D eigenvalue weighted by Crippen LogP contribution is -2.41. The van der Waals surface area contributed by atoms with Gasteiger partial charge in [-0.1, -0.05) is 12.1 Å². The Kier molecular flexibility index (Phi) is 4.34. The third kappa shape index (κ3) is 3.26. The number of aliphatic hydroxyl groups excluding tert-OH is 1. The molecule has 7 heteroatoms. The van der Waals surface area contributed by atoms with Gasteiger partial charge in [0, 0.05) is 19.1 Å². The van der Waals surface area contributed by atoms with E-state index >= 15 is 0 Å². The van der Waals surface area contributed by atoms with Crippen LogP contribution in [-0.4, -0.2) is 34.7 Å². The number of nitrogens with one attached hydrogen (secondary N) is 1. The molecular formula is C14H13NO6. The van der Waals surface area contributed by atoms with Gasteiger partial charge >= 0.3 is 5.97 Å². The number of benzene rings is 1. The highest BCUT2D eigenvalue weighted by molar-refractivity contribution is 5.95. The zero-order valence-electron chi connectivity index (χ0n) is 10.9. The van der Waals surface area contributed by atoms with E-state index in [1.165, 1.54) is 6.07 Å². The van der Waals surface area contributed by atoms with E-state index in [0.29, 0.717) is 5.39 Å². The summed E-state index contributed by atoms with van der Waals surface area (Å²) in [4.78, 5) is 34.7. The third-order valence-corrected chi connectivity index (χ3v) is 2.88. The van der Waals surface area contributed by atoms with Gasteiger partial charge in [-0.3, -0.25) is 9.59 Å². The Balaban J connectivity index is 2.31. The van der Waals surface area contributed by atoms with Gasteiger partial charge in [0.1, 0.15) is 11.6 Å². The van der Waals surface area contributed by atoms with E-state index in [0.717, 1.165) is 6.07 Å². The van der Waals surface area contributed by atoms with Crippen LogP contribution in [0.3, 0.4) is 0 Å². The maximum Gasteiger partial charge on any atom is 0.326 e. The molecule has 1 heterocycles. The summed E-state index contributed by atoms with van der Waals surface area (Å²) >= 11 is 0. The van der Waals surface area contributed by atoms with Crippen LogP contribution in [-0.2, 0) is 4.79 Å². The van der Waals surface area contributed by atoms with Crippen molar-refractivity contribution in [3.63, 3.8) is 0 Å². The quantitative estimate of drug-likeness (QED) is 0.732. The number of aliphatic hydroxyl groups is 1. The number of carbonyl (C=O) groups is 2. The molecule has 0 saturated heterocycles. The normalized spacial score (nSPS) is 12.0. The second-order valence-electron chi connectivity index (χ2n) is 4.35. The van der Waals surface area contributed by atoms with Crippen molar-refractivity contribution in [2.24, 2.45) is 0 Å². The predicted molar refractivity (Wildman–Crippen MR) is 73.1 cm³/mol. The van der Waals surface area contributed by atoms with Gasteiger partial charge in [-0.2, -0.15) is 0 Å². The summed E-state index contributed by atoms with van der Waals surface area (Å²) in [7, 11) is 0. The molecule has 1 aromatic carbocycles. The van der Waals surface area contributed by atoms with Gasteiger partial charge in [-0.15, -0.1) is 0 Å². The average molecular weight is 291 g/mol. The SMILES string of the molecule is O=C(N[C@H](CCO)C(=O)O)c1cc(=O)c2ccccc2o1. The molecule has 0 saturated carbocycles. The van der Waals surface area contributed by atoms with E-state index in [1.54, 1.807) is 18.2 Å². The van der Waals surface area contributed by atoms with Gasteiger partial charge < -0.3 is 19.9 Å². The lowest BCUT2D eigenvalue weighted by atomic mass is 10.2. The molecule has 7 nitrogen and oxygen atoms in total. The zero-order valence-corrected chi connectivity index (χ0v) is 10.9. The molecule has 0 aliphatic carbocycles. The van der Waals surface area contributed by atoms with Gasteiger partial charge in [-0.05, 0) is 12.1 Å². The Morgan fingerprint density at radius 1 is 1.29 bits per heavy atom. The monoisotopic (exact) mass is 291 g/mol. The number of carbonyl (C=O) groups excluding carboxylic acids is 1. The first-order valence-electron chi connectivity index (χ1n) is 6.20. The van der Waals surface area contributed by atoms with Crippen molar-refractivity contribution >= 4 is 22.8 Å². The molecule has 110 valence electrons. The maximum atomic E-state index is 11.9. The Hall–Kier alpha value is -2.67. The van der Waals surface area contributed by atoms with E-state index in [-0.39, 0.29) is 24.4 Å². The Labute approximate surface area is 118 Å². The second kappa shape index (κ2) is 6.19. The first-order chi connectivity index (χ1) is 10.0. The summed E-state index contributed by atoms with van der Waals surface area (Å²) in [5.41, 5.74) is -0.153. The van der Waals surface area contributed by atoms with Crippen LogP contribution in [0.2, 0.25) is 0 Å². The molecule has 2 rings (SSSR count). The van der Waals surface area contributed by atoms with Crippen molar-refractivity contribution < 1.29 is 24.2 Å².